The van der Waals surface area contributed by atoms with Gasteiger partial charge >= 0.3 is 0 Å². The fraction of sp³-hybridized carbons (Fsp3) is 0.167. The summed E-state index contributed by atoms with van der Waals surface area (Å²) in [6.07, 6.45) is 0. The number of aromatic amines is 1. The summed E-state index contributed by atoms with van der Waals surface area (Å²) in [6, 6.07) is 7.61. The normalized spacial score (nSPS) is 9.89. The number of nitrogens with one attached hydrogen (secondary N) is 2. The van der Waals surface area contributed by atoms with Gasteiger partial charge in [0.2, 0.25) is 0 Å². The topological polar surface area (TPSA) is 86.0 Å². The first kappa shape index (κ1) is 14.1. The highest BCUT2D eigenvalue weighted by atomic mass is 35.5. The van der Waals surface area contributed by atoms with Gasteiger partial charge in [0.15, 0.2) is 5.96 Å². The minimum Gasteiger partial charge on any atom is -0.370 e. The minimum atomic E-state index is -0.312. The lowest BCUT2D eigenvalue weighted by atomic mass is 10.2. The molecular formula is C12H15ClN4O. The molecule has 18 heavy (non-hydrogen) atoms. The Kier molecular flexibility index (Phi) is 3.98. The van der Waals surface area contributed by atoms with Crippen LogP contribution in [0.25, 0.3) is 10.9 Å². The average molecular weight is 267 g/mol. The third-order valence-corrected chi connectivity index (χ3v) is 2.76. The van der Waals surface area contributed by atoms with Crippen molar-refractivity contribution in [2.24, 2.45) is 5.73 Å². The lowest BCUT2D eigenvalue weighted by Gasteiger charge is -2.12. The third kappa shape index (κ3) is 2.31. The average Bonchev–Trinajstić information content (AvgIpc) is 2.72. The lowest BCUT2D eigenvalue weighted by Crippen LogP contribution is -2.38. The zero-order valence-corrected chi connectivity index (χ0v) is 11.0. The summed E-state index contributed by atoms with van der Waals surface area (Å²) in [5.74, 6) is -0.585. The highest BCUT2D eigenvalue weighted by molar-refractivity contribution is 6.05. The molecule has 1 amide bonds. The summed E-state index contributed by atoms with van der Waals surface area (Å²) in [4.78, 5) is 16.1. The molecule has 96 valence electrons. The van der Waals surface area contributed by atoms with Crippen LogP contribution in [0.15, 0.2) is 24.3 Å². The van der Waals surface area contributed by atoms with Gasteiger partial charge in [-0.1, -0.05) is 18.2 Å². The van der Waals surface area contributed by atoms with Crippen molar-refractivity contribution < 1.29 is 4.79 Å². The molecule has 2 aromatic rings. The van der Waals surface area contributed by atoms with Crippen molar-refractivity contribution in [3.8, 4) is 0 Å². The molecular weight excluding hydrogens is 252 g/mol. The number of hydrogen-bond acceptors (Lipinski definition) is 2. The second-order valence-corrected chi connectivity index (χ2v) is 3.97. The van der Waals surface area contributed by atoms with E-state index < -0.39 is 0 Å². The van der Waals surface area contributed by atoms with Gasteiger partial charge in [-0.15, -0.1) is 12.4 Å². The standard InChI is InChI=1S/C12H14N4O.ClH/c1-7-4-3-5-8-6-9(15-10(7)8)11(17)16(2)12(13)14;/h3-6,15H,1-2H3,(H3,13,14);1H. The first-order valence-corrected chi connectivity index (χ1v) is 5.21. The van der Waals surface area contributed by atoms with Crippen LogP contribution in [0.1, 0.15) is 16.1 Å². The van der Waals surface area contributed by atoms with Crippen molar-refractivity contribution >= 4 is 35.2 Å². The number of halogens is 1. The molecule has 0 saturated carbocycles. The molecule has 0 atom stereocenters. The molecule has 1 aromatic carbocycles. The molecule has 0 unspecified atom stereocenters. The van der Waals surface area contributed by atoms with Gasteiger partial charge < -0.3 is 10.7 Å². The fourth-order valence-electron chi connectivity index (χ4n) is 1.71. The molecule has 6 heteroatoms. The lowest BCUT2D eigenvalue weighted by molar-refractivity contribution is 0.0864. The number of fused-ring (bicyclic) bond motifs is 1. The summed E-state index contributed by atoms with van der Waals surface area (Å²) in [5.41, 5.74) is 7.72. The summed E-state index contributed by atoms with van der Waals surface area (Å²) < 4.78 is 0. The first-order chi connectivity index (χ1) is 8.00. The second kappa shape index (κ2) is 5.10. The zero-order chi connectivity index (χ0) is 12.6. The molecule has 0 radical (unpaired) electrons. The van der Waals surface area contributed by atoms with E-state index in [1.54, 1.807) is 6.07 Å². The maximum atomic E-state index is 11.9. The SMILES string of the molecule is Cc1cccc2cc(C(=O)N(C)C(=N)N)[nH]c12.Cl. The highest BCUT2D eigenvalue weighted by Gasteiger charge is 2.16. The van der Waals surface area contributed by atoms with Crippen LogP contribution < -0.4 is 5.73 Å². The number of para-hydroxylation sites is 1. The Morgan fingerprint density at radius 3 is 2.67 bits per heavy atom. The highest BCUT2D eigenvalue weighted by Crippen LogP contribution is 2.19. The van der Waals surface area contributed by atoms with E-state index in [1.165, 1.54) is 7.05 Å². The molecule has 4 N–H and O–H groups in total. The summed E-state index contributed by atoms with van der Waals surface area (Å²) in [6.45, 7) is 1.97. The van der Waals surface area contributed by atoms with E-state index in [2.05, 4.69) is 4.98 Å². The Balaban J connectivity index is 0.00000162. The van der Waals surface area contributed by atoms with Crippen LogP contribution in [-0.2, 0) is 0 Å². The summed E-state index contributed by atoms with van der Waals surface area (Å²) in [7, 11) is 1.48. The van der Waals surface area contributed by atoms with Crippen molar-refractivity contribution in [1.82, 2.24) is 9.88 Å². The first-order valence-electron chi connectivity index (χ1n) is 5.21. The van der Waals surface area contributed by atoms with Gasteiger partial charge in [0, 0.05) is 18.0 Å². The van der Waals surface area contributed by atoms with Crippen molar-refractivity contribution in [2.75, 3.05) is 7.05 Å². The van der Waals surface area contributed by atoms with E-state index in [0.29, 0.717) is 5.69 Å². The summed E-state index contributed by atoms with van der Waals surface area (Å²) >= 11 is 0. The number of benzene rings is 1. The van der Waals surface area contributed by atoms with Crippen LogP contribution in [0, 0.1) is 12.3 Å². The number of guanidine groups is 1. The number of hydrogen-bond donors (Lipinski definition) is 3. The van der Waals surface area contributed by atoms with Gasteiger partial charge in [-0.2, -0.15) is 0 Å². The molecule has 0 aliphatic rings. The van der Waals surface area contributed by atoms with Gasteiger partial charge in [-0.05, 0) is 18.6 Å². The Bertz CT molecular complexity index is 605. The van der Waals surface area contributed by atoms with Crippen LogP contribution >= 0.6 is 12.4 Å². The van der Waals surface area contributed by atoms with Gasteiger partial charge in [-0.25, -0.2) is 0 Å². The quantitative estimate of drug-likeness (QED) is 0.544. The van der Waals surface area contributed by atoms with E-state index in [1.807, 2.05) is 25.1 Å². The predicted molar refractivity (Wildman–Crippen MR) is 74.3 cm³/mol. The third-order valence-electron chi connectivity index (χ3n) is 2.76. The number of nitrogens with two attached hydrogens (primary N) is 1. The summed E-state index contributed by atoms with van der Waals surface area (Å²) in [5, 5.41) is 8.20. The molecule has 0 aliphatic carbocycles. The van der Waals surface area contributed by atoms with Gasteiger partial charge in [-0.3, -0.25) is 15.1 Å². The molecule has 0 spiro atoms. The molecule has 0 fully saturated rings. The molecule has 0 aliphatic heterocycles. The number of nitrogens with zero attached hydrogens (tertiary/aromatic N) is 1. The van der Waals surface area contributed by atoms with E-state index in [0.717, 1.165) is 21.4 Å². The van der Waals surface area contributed by atoms with Crippen LogP contribution in [-0.4, -0.2) is 28.8 Å². The van der Waals surface area contributed by atoms with Gasteiger partial charge in [0.05, 0.1) is 0 Å². The molecule has 5 nitrogen and oxygen atoms in total. The van der Waals surface area contributed by atoms with Gasteiger partial charge in [0.1, 0.15) is 5.69 Å². The Morgan fingerprint density at radius 2 is 2.11 bits per heavy atom. The van der Waals surface area contributed by atoms with Crippen molar-refractivity contribution in [2.45, 2.75) is 6.92 Å². The number of carbonyl (C=O) groups is 1. The maximum absolute atomic E-state index is 11.9. The van der Waals surface area contributed by atoms with Crippen LogP contribution in [0.5, 0.6) is 0 Å². The van der Waals surface area contributed by atoms with E-state index in [9.17, 15) is 4.79 Å². The molecule has 0 saturated heterocycles. The van der Waals surface area contributed by atoms with Crippen LogP contribution in [0.4, 0.5) is 0 Å². The van der Waals surface area contributed by atoms with Crippen molar-refractivity contribution in [3.05, 3.63) is 35.5 Å². The Morgan fingerprint density at radius 1 is 1.44 bits per heavy atom. The smallest absolute Gasteiger partial charge is 0.276 e. The predicted octanol–water partition coefficient (Wildman–Crippen LogP) is 1.86. The monoisotopic (exact) mass is 266 g/mol. The molecule has 1 heterocycles. The van der Waals surface area contributed by atoms with Crippen molar-refractivity contribution in [1.29, 1.82) is 5.41 Å². The number of aryl methyl sites for hydroxylation is 1. The van der Waals surface area contributed by atoms with E-state index >= 15 is 0 Å². The van der Waals surface area contributed by atoms with Gasteiger partial charge in [0.25, 0.3) is 5.91 Å². The minimum absolute atomic E-state index is 0. The number of carbonyl (C=O) groups excluding carboxylic acids is 1. The number of amides is 1. The van der Waals surface area contributed by atoms with E-state index in [4.69, 9.17) is 11.1 Å². The number of aromatic nitrogens is 1. The number of rotatable bonds is 1. The number of H-pyrrole nitrogens is 1. The molecule has 0 bridgehead atoms. The zero-order valence-electron chi connectivity index (χ0n) is 10.2. The Labute approximate surface area is 111 Å². The molecule has 1 aromatic heterocycles. The largest absolute Gasteiger partial charge is 0.370 e. The van der Waals surface area contributed by atoms with E-state index in [-0.39, 0.29) is 24.3 Å². The maximum Gasteiger partial charge on any atom is 0.276 e. The van der Waals surface area contributed by atoms with Crippen LogP contribution in [0.3, 0.4) is 0 Å². The Hall–Kier alpha value is -2.01. The van der Waals surface area contributed by atoms with Crippen LogP contribution in [0.2, 0.25) is 0 Å². The second-order valence-electron chi connectivity index (χ2n) is 3.97. The molecule has 2 rings (SSSR count). The fourth-order valence-corrected chi connectivity index (χ4v) is 1.71. The van der Waals surface area contributed by atoms with Crippen molar-refractivity contribution in [3.63, 3.8) is 0 Å².